The number of nitrogens with one attached hydrogen (secondary N) is 4. The largest absolute Gasteiger partial charge is 0.496 e. The third-order valence-electron chi connectivity index (χ3n) is 18.4. The Kier molecular flexibility index (Phi) is 27.8. The molecule has 0 aliphatic carbocycles. The number of hydrogen-bond acceptors (Lipinski definition) is 16. The molecule has 25 heteroatoms. The van der Waals surface area contributed by atoms with Gasteiger partial charge in [0, 0.05) is 112 Å². The van der Waals surface area contributed by atoms with Crippen molar-refractivity contribution >= 4 is 58.3 Å². The molecule has 0 aromatic heterocycles. The van der Waals surface area contributed by atoms with Gasteiger partial charge in [0.1, 0.15) is 28.7 Å². The van der Waals surface area contributed by atoms with E-state index in [1.807, 2.05) is 95.9 Å². The van der Waals surface area contributed by atoms with E-state index in [-0.39, 0.29) is 62.9 Å². The van der Waals surface area contributed by atoms with Crippen LogP contribution in [0, 0.1) is 20.2 Å². The van der Waals surface area contributed by atoms with Crippen LogP contribution in [0.3, 0.4) is 0 Å². The molecule has 8 aromatic carbocycles. The number of benzene rings is 8. The van der Waals surface area contributed by atoms with E-state index in [1.54, 1.807) is 74.5 Å². The maximum Gasteiger partial charge on any atom is 0.415 e. The van der Waals surface area contributed by atoms with Crippen molar-refractivity contribution in [2.24, 2.45) is 0 Å². The van der Waals surface area contributed by atoms with Gasteiger partial charge in [-0.05, 0) is 129 Å². The van der Waals surface area contributed by atoms with E-state index in [1.165, 1.54) is 66.8 Å². The summed E-state index contributed by atoms with van der Waals surface area (Å²) in [5, 5.41) is 33.8. The number of halogens is 1. The highest BCUT2D eigenvalue weighted by Gasteiger charge is 2.41. The van der Waals surface area contributed by atoms with Crippen molar-refractivity contribution in [3.8, 4) is 28.7 Å². The van der Waals surface area contributed by atoms with E-state index < -0.39 is 21.4 Å². The number of nitro groups is 2. The van der Waals surface area contributed by atoms with Crippen molar-refractivity contribution in [1.29, 1.82) is 0 Å². The normalized spacial score (nSPS) is 14.6. The summed E-state index contributed by atoms with van der Waals surface area (Å²) in [6.07, 6.45) is 4.36. The molecule has 3 fully saturated rings. The number of methoxy groups -OCH3 is 3. The maximum atomic E-state index is 13.0. The smallest absolute Gasteiger partial charge is 0.415 e. The number of non-ortho nitro benzene ring substituents is 2. The lowest BCUT2D eigenvalue weighted by molar-refractivity contribution is -0.385. The van der Waals surface area contributed by atoms with Crippen LogP contribution in [0.25, 0.3) is 0 Å². The number of rotatable bonds is 19. The molecule has 0 spiro atoms. The fourth-order valence-electron chi connectivity index (χ4n) is 12.6. The number of carbonyl (C=O) groups is 6. The first-order chi connectivity index (χ1) is 49.2. The molecule has 4 N–H and O–H groups in total. The molecular formula is C77H84ClN9O15. The summed E-state index contributed by atoms with van der Waals surface area (Å²) < 4.78 is 25.8. The molecule has 11 rings (SSSR count). The Bertz CT molecular complexity index is 4100. The van der Waals surface area contributed by atoms with E-state index in [9.17, 15) is 49.0 Å². The van der Waals surface area contributed by atoms with Gasteiger partial charge < -0.3 is 59.7 Å². The molecule has 3 saturated heterocycles. The lowest BCUT2D eigenvalue weighted by atomic mass is 9.72. The van der Waals surface area contributed by atoms with Gasteiger partial charge in [0.15, 0.2) is 0 Å². The maximum absolute atomic E-state index is 13.0. The molecule has 3 heterocycles. The molecule has 6 amide bonds. The van der Waals surface area contributed by atoms with Crippen LogP contribution in [0.15, 0.2) is 212 Å². The summed E-state index contributed by atoms with van der Waals surface area (Å²) in [4.78, 5) is 98.8. The molecular weight excluding hydrogens is 1330 g/mol. The molecule has 8 aromatic rings. The van der Waals surface area contributed by atoms with Crippen LogP contribution in [0.5, 0.6) is 28.7 Å². The average Bonchev–Trinajstić information content (AvgIpc) is 0.804. The first-order valence-corrected chi connectivity index (χ1v) is 33.5. The van der Waals surface area contributed by atoms with Gasteiger partial charge in [-0.25, -0.2) is 14.4 Å². The fraction of sp³-hybridized carbons (Fsp3) is 0.299. The van der Waals surface area contributed by atoms with Crippen molar-refractivity contribution in [1.82, 2.24) is 36.0 Å². The number of amides is 6. The van der Waals surface area contributed by atoms with Gasteiger partial charge in [0.05, 0.1) is 47.9 Å². The van der Waals surface area contributed by atoms with Crippen LogP contribution < -0.4 is 45.0 Å². The van der Waals surface area contributed by atoms with E-state index >= 15 is 0 Å². The van der Waals surface area contributed by atoms with E-state index in [2.05, 4.69) is 62.4 Å². The van der Waals surface area contributed by atoms with Gasteiger partial charge in [-0.2, -0.15) is 0 Å². The molecule has 0 saturated carbocycles. The second-order valence-corrected chi connectivity index (χ2v) is 25.0. The standard InChI is InChI=1S/C27H27N3O6.C23H29N3O3.C20H24N2O2.C7H4ClNO4/c1-35-24-10-6-5-9-23(24)25(31)28-19-27(20-7-3-2-4-8-20)15-17-29(18-16-27)26(32)36-22-13-11-21(12-14-22)30(33)34;1-25(2)22(28)26-15-13-23(14-16-26,18-9-5-4-6-10-18)17-24-21(27)19-11-7-8-12-20(19)29-3;1-24-18-10-6-5-9-17(18)19(23)22-15-20(11-13-21-14-12-20)16-7-3-2-4-8-16;8-7(10)13-6-3-1-5(2-4-6)9(11)12/h2-14H,15-19H2,1H3,(H,28,31);4-12H,13-17H2,1-3H3,(H,24,27);2-10,21H,11-15H2,1H3,(H,22,23);1-4H. The highest BCUT2D eigenvalue weighted by Crippen LogP contribution is 2.38. The average molecular weight is 1410 g/mol. The van der Waals surface area contributed by atoms with Gasteiger partial charge in [-0.3, -0.25) is 34.6 Å². The first-order valence-electron chi connectivity index (χ1n) is 33.1. The second kappa shape index (κ2) is 37.2. The lowest BCUT2D eigenvalue weighted by Gasteiger charge is -2.43. The first kappa shape index (κ1) is 76.4. The zero-order chi connectivity index (χ0) is 73.1. The van der Waals surface area contributed by atoms with Gasteiger partial charge in [-0.15, -0.1) is 0 Å². The Balaban J connectivity index is 0.000000181. The predicted octanol–water partition coefficient (Wildman–Crippen LogP) is 12.8. The van der Waals surface area contributed by atoms with Crippen LogP contribution >= 0.6 is 11.6 Å². The van der Waals surface area contributed by atoms with E-state index in [0.717, 1.165) is 44.3 Å². The van der Waals surface area contributed by atoms with Crippen LogP contribution in [-0.4, -0.2) is 154 Å². The monoisotopic (exact) mass is 1410 g/mol. The minimum atomic E-state index is -0.978. The van der Waals surface area contributed by atoms with Gasteiger partial charge >= 0.3 is 17.6 Å². The molecule has 3 aliphatic heterocycles. The molecule has 0 radical (unpaired) electrons. The molecule has 24 nitrogen and oxygen atoms in total. The molecule has 0 bridgehead atoms. The SMILES string of the molecule is COc1ccccc1C(=O)NCC1(c2ccccc2)CCN(C(=O)N(C)C)CC1.COc1ccccc1C(=O)NCC1(c2ccccc2)CCN(C(=O)Oc2ccc([N+](=O)[O-])cc2)CC1.COc1ccccc1C(=O)NCC1(c2ccccc2)CCNCC1.O=C(Cl)Oc1ccc([N+](=O)[O-])cc1. The Morgan fingerprint density at radius 3 is 1.06 bits per heavy atom. The predicted molar refractivity (Wildman–Crippen MR) is 387 cm³/mol. The second-order valence-electron chi connectivity index (χ2n) is 24.7. The Hall–Kier alpha value is -11.4. The van der Waals surface area contributed by atoms with E-state index in [4.69, 9.17) is 30.5 Å². The number of hydrogen-bond donors (Lipinski definition) is 4. The van der Waals surface area contributed by atoms with E-state index in [0.29, 0.717) is 92.6 Å². The zero-order valence-corrected chi connectivity index (χ0v) is 58.3. The number of para-hydroxylation sites is 3. The third-order valence-corrected chi connectivity index (χ3v) is 18.5. The minimum Gasteiger partial charge on any atom is -0.496 e. The Morgan fingerprint density at radius 2 is 0.745 bits per heavy atom. The fourth-order valence-corrected chi connectivity index (χ4v) is 12.7. The van der Waals surface area contributed by atoms with Crippen LogP contribution in [0.4, 0.5) is 25.8 Å². The quantitative estimate of drug-likeness (QED) is 0.0332. The molecule has 0 unspecified atom stereocenters. The van der Waals surface area contributed by atoms with Crippen molar-refractivity contribution in [3.05, 3.63) is 266 Å². The number of nitrogens with zero attached hydrogens (tertiary/aromatic N) is 5. The number of likely N-dealkylation sites (tertiary alicyclic amines) is 2. The highest BCUT2D eigenvalue weighted by atomic mass is 35.5. The van der Waals surface area contributed by atoms with Crippen LogP contribution in [0.1, 0.15) is 86.3 Å². The summed E-state index contributed by atoms with van der Waals surface area (Å²) in [5.74, 6) is 1.64. The van der Waals surface area contributed by atoms with Crippen molar-refractivity contribution in [2.45, 2.75) is 54.8 Å². The van der Waals surface area contributed by atoms with Gasteiger partial charge in [0.25, 0.3) is 29.1 Å². The topological polar surface area (TPSA) is 293 Å². The number of urea groups is 1. The van der Waals surface area contributed by atoms with Crippen LogP contribution in [-0.2, 0) is 16.2 Å². The number of ether oxygens (including phenoxy) is 5. The summed E-state index contributed by atoms with van der Waals surface area (Å²) in [6, 6.07) is 62.8. The molecule has 0 atom stereocenters. The van der Waals surface area contributed by atoms with Crippen molar-refractivity contribution in [2.75, 3.05) is 94.3 Å². The third kappa shape index (κ3) is 20.6. The minimum absolute atomic E-state index is 0.00974. The summed E-state index contributed by atoms with van der Waals surface area (Å²) in [5.41, 5.74) is 3.45. The van der Waals surface area contributed by atoms with Crippen molar-refractivity contribution in [3.63, 3.8) is 0 Å². The highest BCUT2D eigenvalue weighted by molar-refractivity contribution is 6.61. The Morgan fingerprint density at radius 1 is 0.441 bits per heavy atom. The number of piperidine rings is 3. The zero-order valence-electron chi connectivity index (χ0n) is 57.6. The molecule has 102 heavy (non-hydrogen) atoms. The van der Waals surface area contributed by atoms with Gasteiger partial charge in [-0.1, -0.05) is 127 Å². The lowest BCUT2D eigenvalue weighted by Crippen LogP contribution is -2.52. The number of nitro benzene ring substituents is 2. The Labute approximate surface area is 597 Å². The summed E-state index contributed by atoms with van der Waals surface area (Å²) in [6.45, 7) is 5.69. The van der Waals surface area contributed by atoms with Crippen LogP contribution in [0.2, 0.25) is 0 Å². The number of carbonyl (C=O) groups excluding carboxylic acids is 6. The molecule has 3 aliphatic rings. The summed E-state index contributed by atoms with van der Waals surface area (Å²) >= 11 is 4.92. The molecule has 534 valence electrons. The summed E-state index contributed by atoms with van der Waals surface area (Å²) in [7, 11) is 8.23. The van der Waals surface area contributed by atoms with Gasteiger partial charge in [0.2, 0.25) is 0 Å². The van der Waals surface area contributed by atoms with Crippen molar-refractivity contribution < 1.29 is 62.3 Å².